The zero-order valence-corrected chi connectivity index (χ0v) is 18.8. The molecule has 11 heteroatoms. The van der Waals surface area contributed by atoms with Crippen LogP contribution in [0, 0.1) is 17.2 Å². The Labute approximate surface area is 194 Å². The summed E-state index contributed by atoms with van der Waals surface area (Å²) in [5.41, 5.74) is 2.21. The van der Waals surface area contributed by atoms with Gasteiger partial charge in [0.25, 0.3) is 0 Å². The summed E-state index contributed by atoms with van der Waals surface area (Å²) in [4.78, 5) is 3.97. The highest BCUT2D eigenvalue weighted by molar-refractivity contribution is 7.89. The van der Waals surface area contributed by atoms with Crippen molar-refractivity contribution in [3.63, 3.8) is 0 Å². The normalized spacial score (nSPS) is 14.3. The summed E-state index contributed by atoms with van der Waals surface area (Å²) in [7, 11) is -4.19. The number of benzene rings is 1. The Balaban J connectivity index is 1.79. The first-order valence-corrected chi connectivity index (χ1v) is 12.2. The van der Waals surface area contributed by atoms with Gasteiger partial charge in [-0.25, -0.2) is 30.7 Å². The number of fused-ring (bicyclic) bond motifs is 1. The predicted molar refractivity (Wildman–Crippen MR) is 118 cm³/mol. The summed E-state index contributed by atoms with van der Waals surface area (Å²) >= 11 is 0. The molecule has 4 rings (SSSR count). The third kappa shape index (κ3) is 4.93. The van der Waals surface area contributed by atoms with Gasteiger partial charge in [-0.15, -0.1) is 0 Å². The summed E-state index contributed by atoms with van der Waals surface area (Å²) in [6, 6.07) is 8.24. The molecule has 6 nitrogen and oxygen atoms in total. The van der Waals surface area contributed by atoms with E-state index in [1.54, 1.807) is 18.2 Å². The lowest BCUT2D eigenvalue weighted by molar-refractivity contribution is 0.149. The molecule has 0 amide bonds. The van der Waals surface area contributed by atoms with Crippen LogP contribution in [0.15, 0.2) is 41.4 Å². The van der Waals surface area contributed by atoms with Crippen molar-refractivity contribution in [2.75, 3.05) is 13.3 Å². The number of nitrogens with one attached hydrogen (secondary N) is 1. The number of halogens is 4. The number of nitrogens with zero attached hydrogens (tertiary/aromatic N) is 3. The SMILES string of the molecule is N#Cc1c(-c2ccc(S(=O)(=O)NC(CF)CF)cn2)n(CC2CC2)c2cc(CC(F)F)ccc12. The summed E-state index contributed by atoms with van der Waals surface area (Å²) in [5, 5.41) is 10.5. The highest BCUT2D eigenvalue weighted by atomic mass is 32.2. The lowest BCUT2D eigenvalue weighted by Crippen LogP contribution is -2.37. The van der Waals surface area contributed by atoms with Crippen molar-refractivity contribution in [1.82, 2.24) is 14.3 Å². The van der Waals surface area contributed by atoms with Crippen molar-refractivity contribution >= 4 is 20.9 Å². The number of rotatable bonds is 10. The number of hydrogen-bond donors (Lipinski definition) is 1. The molecule has 0 aliphatic heterocycles. The topological polar surface area (TPSA) is 87.8 Å². The van der Waals surface area contributed by atoms with Gasteiger partial charge in [-0.3, -0.25) is 4.98 Å². The Morgan fingerprint density at radius 2 is 1.91 bits per heavy atom. The molecule has 3 aromatic rings. The van der Waals surface area contributed by atoms with Crippen LogP contribution in [0.25, 0.3) is 22.3 Å². The molecule has 1 saturated carbocycles. The quantitative estimate of drug-likeness (QED) is 0.424. The monoisotopic (exact) mass is 494 g/mol. The first kappa shape index (κ1) is 24.2. The minimum atomic E-state index is -4.19. The van der Waals surface area contributed by atoms with Crippen molar-refractivity contribution in [3.05, 3.63) is 47.7 Å². The van der Waals surface area contributed by atoms with Crippen LogP contribution in [0.1, 0.15) is 24.0 Å². The Hall–Kier alpha value is -2.97. The van der Waals surface area contributed by atoms with Crippen LogP contribution >= 0.6 is 0 Å². The van der Waals surface area contributed by atoms with E-state index in [2.05, 4.69) is 11.1 Å². The van der Waals surface area contributed by atoms with Gasteiger partial charge in [-0.1, -0.05) is 12.1 Å². The number of alkyl halides is 4. The first-order chi connectivity index (χ1) is 16.3. The van der Waals surface area contributed by atoms with E-state index in [1.807, 2.05) is 9.29 Å². The molecule has 0 atom stereocenters. The largest absolute Gasteiger partial charge is 0.338 e. The van der Waals surface area contributed by atoms with E-state index in [4.69, 9.17) is 0 Å². The zero-order chi connectivity index (χ0) is 24.5. The average Bonchev–Trinajstić information content (AvgIpc) is 3.58. The van der Waals surface area contributed by atoms with Gasteiger partial charge in [0, 0.05) is 24.5 Å². The Bertz CT molecular complexity index is 1330. The number of pyridine rings is 1. The van der Waals surface area contributed by atoms with Crippen molar-refractivity contribution < 1.29 is 26.0 Å². The maximum atomic E-state index is 13.0. The first-order valence-electron chi connectivity index (χ1n) is 10.7. The van der Waals surface area contributed by atoms with Crippen LogP contribution in [0.4, 0.5) is 17.6 Å². The minimum Gasteiger partial charge on any atom is -0.338 e. The van der Waals surface area contributed by atoms with Crippen molar-refractivity contribution in [2.45, 2.75) is 43.2 Å². The molecule has 0 radical (unpaired) electrons. The van der Waals surface area contributed by atoms with E-state index in [0.717, 1.165) is 19.0 Å². The van der Waals surface area contributed by atoms with Gasteiger partial charge in [0.1, 0.15) is 24.3 Å². The molecule has 34 heavy (non-hydrogen) atoms. The molecular weight excluding hydrogens is 472 g/mol. The van der Waals surface area contributed by atoms with E-state index in [1.165, 1.54) is 12.1 Å². The fourth-order valence-corrected chi connectivity index (χ4v) is 5.04. The summed E-state index contributed by atoms with van der Waals surface area (Å²) in [6.45, 7) is -1.81. The van der Waals surface area contributed by atoms with Crippen LogP contribution in [-0.4, -0.2) is 43.8 Å². The summed E-state index contributed by atoms with van der Waals surface area (Å²) in [6.07, 6.45) is 0.182. The molecule has 2 heterocycles. The molecule has 0 spiro atoms. The van der Waals surface area contributed by atoms with E-state index >= 15 is 0 Å². The third-order valence-electron chi connectivity index (χ3n) is 5.75. The fraction of sp³-hybridized carbons (Fsp3) is 0.391. The van der Waals surface area contributed by atoms with Crippen LogP contribution in [0.3, 0.4) is 0 Å². The fourth-order valence-electron chi connectivity index (χ4n) is 3.90. The smallest absolute Gasteiger partial charge is 0.242 e. The molecule has 2 aromatic heterocycles. The molecule has 1 aliphatic carbocycles. The van der Waals surface area contributed by atoms with Gasteiger partial charge < -0.3 is 4.57 Å². The second-order valence-corrected chi connectivity index (χ2v) is 10.1. The van der Waals surface area contributed by atoms with Gasteiger partial charge in [-0.05, 0) is 42.5 Å². The maximum Gasteiger partial charge on any atom is 0.242 e. The highest BCUT2D eigenvalue weighted by Gasteiger charge is 2.28. The van der Waals surface area contributed by atoms with E-state index < -0.39 is 42.3 Å². The van der Waals surface area contributed by atoms with Gasteiger partial charge >= 0.3 is 0 Å². The van der Waals surface area contributed by atoms with Crippen LogP contribution in [0.2, 0.25) is 0 Å². The Morgan fingerprint density at radius 1 is 1.18 bits per heavy atom. The number of aromatic nitrogens is 2. The molecule has 180 valence electrons. The summed E-state index contributed by atoms with van der Waals surface area (Å²) in [5.74, 6) is 0.391. The van der Waals surface area contributed by atoms with E-state index in [9.17, 15) is 31.2 Å². The van der Waals surface area contributed by atoms with Gasteiger partial charge in [0.05, 0.1) is 28.5 Å². The second-order valence-electron chi connectivity index (χ2n) is 8.34. The molecule has 0 unspecified atom stereocenters. The lowest BCUT2D eigenvalue weighted by Gasteiger charge is -2.13. The second kappa shape index (κ2) is 9.72. The Kier molecular flexibility index (Phi) is 6.91. The van der Waals surface area contributed by atoms with Gasteiger partial charge in [-0.2, -0.15) is 5.26 Å². The molecule has 1 aromatic carbocycles. The number of nitriles is 1. The Morgan fingerprint density at radius 3 is 2.47 bits per heavy atom. The van der Waals surface area contributed by atoms with E-state index in [-0.39, 0.29) is 4.90 Å². The lowest BCUT2D eigenvalue weighted by atomic mass is 10.1. The van der Waals surface area contributed by atoms with Crippen LogP contribution < -0.4 is 4.72 Å². The molecule has 1 fully saturated rings. The highest BCUT2D eigenvalue weighted by Crippen LogP contribution is 2.38. The average molecular weight is 495 g/mol. The molecule has 1 aliphatic rings. The van der Waals surface area contributed by atoms with Crippen molar-refractivity contribution in [3.8, 4) is 17.5 Å². The van der Waals surface area contributed by atoms with Gasteiger partial charge in [0.2, 0.25) is 16.4 Å². The minimum absolute atomic E-state index is 0.272. The standard InChI is InChI=1S/C23H22F4N4O2S/c24-9-16(10-25)30-34(32,33)17-4-6-20(29-12-17)23-19(11-28)18-5-3-15(8-22(26)27)7-21(18)31(23)13-14-1-2-14/h3-7,12,14,16,22,30H,1-2,8-10,13H2. The number of hydrogen-bond acceptors (Lipinski definition) is 4. The van der Waals surface area contributed by atoms with Crippen molar-refractivity contribution in [2.24, 2.45) is 5.92 Å². The third-order valence-corrected chi connectivity index (χ3v) is 7.26. The van der Waals surface area contributed by atoms with Gasteiger partial charge in [0.15, 0.2) is 0 Å². The molecule has 1 N–H and O–H groups in total. The van der Waals surface area contributed by atoms with Crippen LogP contribution in [-0.2, 0) is 23.0 Å². The van der Waals surface area contributed by atoms with E-state index in [0.29, 0.717) is 45.9 Å². The zero-order valence-electron chi connectivity index (χ0n) is 18.0. The summed E-state index contributed by atoms with van der Waals surface area (Å²) < 4.78 is 80.1. The molecular formula is C23H22F4N4O2S. The van der Waals surface area contributed by atoms with Crippen molar-refractivity contribution in [1.29, 1.82) is 5.26 Å². The maximum absolute atomic E-state index is 13.0. The molecule has 0 bridgehead atoms. The molecule has 0 saturated heterocycles. The number of sulfonamides is 1. The predicted octanol–water partition coefficient (Wildman–Crippen LogP) is 4.38. The van der Waals surface area contributed by atoms with Crippen LogP contribution in [0.5, 0.6) is 0 Å².